The van der Waals surface area contributed by atoms with Crippen LogP contribution in [0.5, 0.6) is 17.2 Å². The van der Waals surface area contributed by atoms with Gasteiger partial charge in [0, 0.05) is 44.8 Å². The van der Waals surface area contributed by atoms with Crippen LogP contribution < -0.4 is 20.9 Å². The number of carbonyl (C=O) groups is 1. The number of nitrogens with zero attached hydrogens (tertiary/aromatic N) is 6. The molecule has 0 aromatic heterocycles. The molecule has 0 aliphatic heterocycles. The van der Waals surface area contributed by atoms with E-state index < -0.39 is 77.2 Å². The molecule has 7 aromatic carbocycles. The molecule has 0 spiro atoms. The lowest BCUT2D eigenvalue weighted by Crippen LogP contribution is -2.04. The van der Waals surface area contributed by atoms with Crippen LogP contribution in [0.2, 0.25) is 0 Å². The van der Waals surface area contributed by atoms with E-state index in [1.54, 1.807) is 0 Å². The summed E-state index contributed by atoms with van der Waals surface area (Å²) in [6.45, 7) is 1.44. The van der Waals surface area contributed by atoms with Gasteiger partial charge in [-0.15, -0.1) is 30.7 Å². The highest BCUT2D eigenvalue weighted by molar-refractivity contribution is 7.86. The van der Waals surface area contributed by atoms with Crippen molar-refractivity contribution in [2.75, 3.05) is 25.7 Å². The van der Waals surface area contributed by atoms with Gasteiger partial charge in [-0.05, 0) is 79.0 Å². The van der Waals surface area contributed by atoms with Gasteiger partial charge in [0.05, 0.1) is 46.8 Å². The molecule has 7 aromatic rings. The molecular weight excluding hydrogens is 977 g/mol. The van der Waals surface area contributed by atoms with Gasteiger partial charge >= 0.3 is 0 Å². The molecule has 0 fully saturated rings. The van der Waals surface area contributed by atoms with Gasteiger partial charge in [-0.25, -0.2) is 0 Å². The third kappa shape index (κ3) is 10.5. The first-order valence-corrected chi connectivity index (χ1v) is 24.4. The number of aldehydes is 1. The van der Waals surface area contributed by atoms with Gasteiger partial charge in [-0.2, -0.15) is 33.7 Å². The first kappa shape index (κ1) is 49.9. The number of nitrogen functional groups attached to an aromatic ring is 2. The maximum atomic E-state index is 12.4. The van der Waals surface area contributed by atoms with Crippen molar-refractivity contribution in [3.63, 3.8) is 0 Å². The fourth-order valence-electron chi connectivity index (χ4n) is 6.46. The van der Waals surface area contributed by atoms with Crippen molar-refractivity contribution >= 4 is 125 Å². The van der Waals surface area contributed by atoms with Crippen LogP contribution in [0, 0.1) is 0 Å². The smallest absolute Gasteiger partial charge is 0.296 e. The zero-order valence-corrected chi connectivity index (χ0v) is 38.2. The van der Waals surface area contributed by atoms with E-state index in [4.69, 9.17) is 25.7 Å². The predicted molar refractivity (Wildman–Crippen MR) is 245 cm³/mol. The number of nitrogens with two attached hydrogens (primary N) is 2. The number of phenolic OH excluding ortho intramolecular Hbond substituents is 1. The Morgan fingerprint density at radius 2 is 0.882 bits per heavy atom. The van der Waals surface area contributed by atoms with Crippen LogP contribution in [0.4, 0.5) is 45.5 Å². The second-order valence-electron chi connectivity index (χ2n) is 13.8. The van der Waals surface area contributed by atoms with E-state index in [1.807, 2.05) is 0 Å². The molecule has 24 nitrogen and oxygen atoms in total. The Bertz CT molecular complexity index is 3790. The molecule has 0 bridgehead atoms. The number of azo groups is 3. The highest BCUT2D eigenvalue weighted by Crippen LogP contribution is 2.46. The van der Waals surface area contributed by atoms with Crippen molar-refractivity contribution in [1.29, 1.82) is 0 Å². The molecule has 9 N–H and O–H groups in total. The Kier molecular flexibility index (Phi) is 13.9. The Morgan fingerprint density at radius 3 is 1.35 bits per heavy atom. The van der Waals surface area contributed by atoms with Gasteiger partial charge in [0.1, 0.15) is 44.6 Å². The van der Waals surface area contributed by atoms with Gasteiger partial charge in [-0.3, -0.25) is 18.2 Å². The van der Waals surface area contributed by atoms with Crippen molar-refractivity contribution < 1.29 is 71.3 Å². The predicted octanol–water partition coefficient (Wildman–Crippen LogP) is 8.47. The normalized spacial score (nSPS) is 12.6. The minimum atomic E-state index is -5.16. The molecule has 0 unspecified atom stereocenters. The minimum Gasteiger partial charge on any atom is -0.505 e. The molecule has 7 rings (SSSR count). The number of carbonyl (C=O) groups excluding carboxylic acids is 1. The van der Waals surface area contributed by atoms with E-state index in [-0.39, 0.29) is 72.6 Å². The Morgan fingerprint density at radius 1 is 0.471 bits per heavy atom. The number of ether oxygens (including phenoxy) is 2. The summed E-state index contributed by atoms with van der Waals surface area (Å²) < 4.78 is 146. The van der Waals surface area contributed by atoms with E-state index in [2.05, 4.69) is 30.7 Å². The zero-order chi connectivity index (χ0) is 50.1. The molecule has 0 amide bonds. The molecule has 0 atom stereocenters. The third-order valence-electron chi connectivity index (χ3n) is 9.54. The summed E-state index contributed by atoms with van der Waals surface area (Å²) in [5, 5.41) is 36.7. The standard InChI is InChI=1S/C38H30N8O15S4.C2H4O/c1-60-33-17-32(45-46-37-36(65(57,58)59)12-18-11-35(64(54,55)56)27(40)15-23(18)38(37)47)34(61-2)16-31(33)44-42-29-9-10-30(25-14-20(63(51,52)53)4-6-22(25)29)43-41-28-8-7-26(39)24-13-19(62(48,49)50)3-5-21(24)28;1-2-3/h3-17,47H,39-40H2,1-2H3,(H,48,49,50)(H,51,52,53)(H,54,55,56)(H,57,58,59);2H,1H3. The second kappa shape index (κ2) is 19.0. The highest BCUT2D eigenvalue weighted by atomic mass is 32.2. The zero-order valence-electron chi connectivity index (χ0n) is 34.9. The minimum absolute atomic E-state index is 0.00503. The molecule has 354 valence electrons. The SMILES string of the molecule is CC=O.COc1cc(N=Nc2ccc(N=Nc3ccc(N)c4cc(S(=O)(=O)O)ccc34)c3cc(S(=O)(=O)O)ccc23)c(OC)cc1N=Nc1c(S(=O)(=O)O)cc2cc(S(=O)(=O)O)c(N)cc2c1O. The molecule has 0 heterocycles. The van der Waals surface area contributed by atoms with Gasteiger partial charge in [-0.1, -0.05) is 12.1 Å². The average molecular weight is 1010 g/mol. The van der Waals surface area contributed by atoms with Crippen molar-refractivity contribution in [1.82, 2.24) is 0 Å². The van der Waals surface area contributed by atoms with E-state index in [9.17, 15) is 57.0 Å². The topological polar surface area (TPSA) is 399 Å². The largest absolute Gasteiger partial charge is 0.505 e. The maximum Gasteiger partial charge on any atom is 0.296 e. The highest BCUT2D eigenvalue weighted by Gasteiger charge is 2.25. The molecule has 28 heteroatoms. The van der Waals surface area contributed by atoms with Gasteiger partial charge in [0.15, 0.2) is 5.75 Å². The van der Waals surface area contributed by atoms with Crippen LogP contribution in [0.3, 0.4) is 0 Å². The number of anilines is 2. The Balaban J connectivity index is 0.00000247. The van der Waals surface area contributed by atoms with E-state index >= 15 is 0 Å². The lowest BCUT2D eigenvalue weighted by molar-refractivity contribution is -0.106. The molecule has 68 heavy (non-hydrogen) atoms. The molecule has 0 aliphatic carbocycles. The summed E-state index contributed by atoms with van der Waals surface area (Å²) in [5.41, 5.74) is 11.1. The lowest BCUT2D eigenvalue weighted by Gasteiger charge is -2.12. The van der Waals surface area contributed by atoms with Crippen LogP contribution >= 0.6 is 0 Å². The number of aromatic hydroxyl groups is 1. The van der Waals surface area contributed by atoms with E-state index in [0.29, 0.717) is 5.39 Å². The van der Waals surface area contributed by atoms with Gasteiger partial charge < -0.3 is 30.8 Å². The summed E-state index contributed by atoms with van der Waals surface area (Å²) in [5.74, 6) is -0.945. The van der Waals surface area contributed by atoms with Crippen molar-refractivity contribution in [2.24, 2.45) is 30.7 Å². The van der Waals surface area contributed by atoms with Crippen molar-refractivity contribution in [3.05, 3.63) is 91.0 Å². The number of rotatable bonds is 12. The number of fused-ring (bicyclic) bond motifs is 3. The Hall–Kier alpha value is -7.57. The quantitative estimate of drug-likeness (QED) is 0.0261. The number of benzene rings is 7. The average Bonchev–Trinajstić information content (AvgIpc) is 3.26. The fraction of sp³-hybridized carbons (Fsp3) is 0.0750. The van der Waals surface area contributed by atoms with Crippen LogP contribution in [0.15, 0.2) is 141 Å². The number of phenols is 1. The third-order valence-corrected chi connectivity index (χ3v) is 13.0. The summed E-state index contributed by atoms with van der Waals surface area (Å²) >= 11 is 0. The first-order chi connectivity index (χ1) is 31.8. The lowest BCUT2D eigenvalue weighted by atomic mass is 10.1. The molecule has 0 saturated heterocycles. The number of methoxy groups -OCH3 is 2. The van der Waals surface area contributed by atoms with Crippen LogP contribution in [-0.4, -0.2) is 77.5 Å². The fourth-order valence-corrected chi connectivity index (χ4v) is 8.76. The summed E-state index contributed by atoms with van der Waals surface area (Å²) in [7, 11) is -16.8. The summed E-state index contributed by atoms with van der Waals surface area (Å²) in [6, 6.07) is 18.2. The first-order valence-electron chi connectivity index (χ1n) is 18.6. The number of hydrogen-bond acceptors (Lipinski definition) is 20. The van der Waals surface area contributed by atoms with E-state index in [1.165, 1.54) is 75.7 Å². The van der Waals surface area contributed by atoms with Gasteiger partial charge in [0.25, 0.3) is 40.5 Å². The van der Waals surface area contributed by atoms with Gasteiger partial charge in [0.2, 0.25) is 0 Å². The monoisotopic (exact) mass is 1010 g/mol. The summed E-state index contributed by atoms with van der Waals surface area (Å²) in [6.07, 6.45) is 0.750. The Labute approximate surface area is 385 Å². The van der Waals surface area contributed by atoms with Crippen LogP contribution in [0.1, 0.15) is 6.92 Å². The second-order valence-corrected chi connectivity index (χ2v) is 19.4. The van der Waals surface area contributed by atoms with Crippen molar-refractivity contribution in [2.45, 2.75) is 26.5 Å². The molecule has 0 saturated carbocycles. The van der Waals surface area contributed by atoms with Crippen LogP contribution in [-0.2, 0) is 45.3 Å². The number of hydrogen-bond donors (Lipinski definition) is 7. The van der Waals surface area contributed by atoms with Crippen LogP contribution in [0.25, 0.3) is 32.3 Å². The summed E-state index contributed by atoms with van der Waals surface area (Å²) in [4.78, 5) is 6.13. The molecule has 0 radical (unpaired) electrons. The van der Waals surface area contributed by atoms with E-state index in [0.717, 1.165) is 42.7 Å². The van der Waals surface area contributed by atoms with Crippen molar-refractivity contribution in [3.8, 4) is 17.2 Å². The molecular formula is C40H34N8O16S4. The maximum absolute atomic E-state index is 12.4. The molecule has 0 aliphatic rings.